The first-order chi connectivity index (χ1) is 12.0. The van der Waals surface area contributed by atoms with E-state index in [4.69, 9.17) is 17.0 Å². The second kappa shape index (κ2) is 6.99. The molecule has 1 aromatic carbocycles. The van der Waals surface area contributed by atoms with E-state index in [0.29, 0.717) is 17.9 Å². The van der Waals surface area contributed by atoms with Crippen LogP contribution in [0.25, 0.3) is 0 Å². The molecule has 5 N–H and O–H groups in total. The normalized spacial score (nSPS) is 18.5. The van der Waals surface area contributed by atoms with E-state index >= 15 is 0 Å². The van der Waals surface area contributed by atoms with Gasteiger partial charge in [0.2, 0.25) is 0 Å². The van der Waals surface area contributed by atoms with E-state index in [1.54, 1.807) is 35.4 Å². The van der Waals surface area contributed by atoms with Gasteiger partial charge in [-0.1, -0.05) is 6.07 Å². The Morgan fingerprint density at radius 3 is 2.84 bits per heavy atom. The summed E-state index contributed by atoms with van der Waals surface area (Å²) < 4.78 is 7.15. The molecule has 8 nitrogen and oxygen atoms in total. The van der Waals surface area contributed by atoms with Crippen LogP contribution in [0.5, 0.6) is 11.5 Å². The van der Waals surface area contributed by atoms with Crippen molar-refractivity contribution in [3.63, 3.8) is 0 Å². The Bertz CT molecular complexity index is 806. The van der Waals surface area contributed by atoms with Gasteiger partial charge < -0.3 is 35.3 Å². The van der Waals surface area contributed by atoms with Crippen molar-refractivity contribution in [2.45, 2.75) is 19.2 Å². The van der Waals surface area contributed by atoms with E-state index in [1.165, 1.54) is 6.07 Å². The van der Waals surface area contributed by atoms with Gasteiger partial charge in [0, 0.05) is 12.4 Å². The molecule has 1 aromatic heterocycles. The largest absolute Gasteiger partial charge is 0.504 e. The lowest BCUT2D eigenvalue weighted by atomic mass is 9.96. The van der Waals surface area contributed by atoms with Crippen molar-refractivity contribution in [2.24, 2.45) is 0 Å². The Balaban J connectivity index is 2.13. The van der Waals surface area contributed by atoms with E-state index in [0.717, 1.165) is 0 Å². The summed E-state index contributed by atoms with van der Waals surface area (Å²) in [5.74, 6) is 0.0859. The van der Waals surface area contributed by atoms with Gasteiger partial charge in [0.15, 0.2) is 28.7 Å². The number of hydrogen-bond donors (Lipinski definition) is 5. The lowest BCUT2D eigenvalue weighted by Crippen LogP contribution is -2.50. The molecular weight excluding hydrogens is 344 g/mol. The number of aromatic nitrogens is 2. The van der Waals surface area contributed by atoms with E-state index < -0.39 is 12.3 Å². The van der Waals surface area contributed by atoms with Gasteiger partial charge in [0.05, 0.1) is 24.5 Å². The summed E-state index contributed by atoms with van der Waals surface area (Å²) in [6.07, 6.45) is 3.68. The molecule has 0 amide bonds. The molecule has 0 bridgehead atoms. The zero-order valence-electron chi connectivity index (χ0n) is 13.4. The molecule has 2 aromatic rings. The van der Waals surface area contributed by atoms with Gasteiger partial charge in [-0.3, -0.25) is 0 Å². The van der Waals surface area contributed by atoms with Crippen molar-refractivity contribution in [3.05, 3.63) is 53.9 Å². The summed E-state index contributed by atoms with van der Waals surface area (Å²) in [5, 5.41) is 36.1. The van der Waals surface area contributed by atoms with Crippen molar-refractivity contribution in [3.8, 4) is 11.5 Å². The highest BCUT2D eigenvalue weighted by Crippen LogP contribution is 2.35. The summed E-state index contributed by atoms with van der Waals surface area (Å²) >= 11 is 4.94. The first-order valence-corrected chi connectivity index (χ1v) is 8.03. The number of aromatic hydroxyl groups is 1. The third-order valence-electron chi connectivity index (χ3n) is 3.78. The first kappa shape index (κ1) is 17.1. The Morgan fingerprint density at radius 2 is 2.20 bits per heavy atom. The molecule has 0 spiro atoms. The Kier molecular flexibility index (Phi) is 4.77. The molecule has 3 rings (SSSR count). The number of nitrogens with one attached hydrogen (secondary N) is 2. The van der Waals surface area contributed by atoms with E-state index in [2.05, 4.69) is 15.6 Å². The number of ether oxygens (including phenoxy) is 1. The van der Waals surface area contributed by atoms with Crippen LogP contribution in [-0.4, -0.2) is 42.8 Å². The van der Waals surface area contributed by atoms with Crippen LogP contribution in [0.4, 0.5) is 0 Å². The van der Waals surface area contributed by atoms with Gasteiger partial charge in [-0.05, 0) is 36.8 Å². The van der Waals surface area contributed by atoms with Crippen molar-refractivity contribution in [2.75, 3.05) is 6.61 Å². The standard InChI is InChI=1S/C16H18N4O4S/c1-2-24-11-7-9(3-4-10(11)21)13(20-6-5-17-8-20)12-14(22)18-16(25)19-15(12)23/h3-8,13-14,21-23H,2H2,1H3,(H2,18,19,25)/t13-,14-/m1/s1. The highest BCUT2D eigenvalue weighted by atomic mass is 32.1. The summed E-state index contributed by atoms with van der Waals surface area (Å²) in [4.78, 5) is 4.03. The maximum absolute atomic E-state index is 10.4. The minimum absolute atomic E-state index is 0.00908. The molecule has 0 radical (unpaired) electrons. The topological polar surface area (TPSA) is 112 Å². The number of rotatable bonds is 5. The van der Waals surface area contributed by atoms with Crippen LogP contribution in [0.1, 0.15) is 18.5 Å². The monoisotopic (exact) mass is 362 g/mol. The second-order valence-corrected chi connectivity index (χ2v) is 5.79. The zero-order valence-corrected chi connectivity index (χ0v) is 14.2. The van der Waals surface area contributed by atoms with Crippen molar-refractivity contribution in [1.82, 2.24) is 20.2 Å². The third-order valence-corrected chi connectivity index (χ3v) is 4.00. The highest BCUT2D eigenvalue weighted by Gasteiger charge is 2.32. The summed E-state index contributed by atoms with van der Waals surface area (Å²) in [7, 11) is 0. The molecule has 0 fully saturated rings. The highest BCUT2D eigenvalue weighted by molar-refractivity contribution is 7.80. The van der Waals surface area contributed by atoms with Crippen LogP contribution in [0.2, 0.25) is 0 Å². The molecule has 2 atom stereocenters. The molecule has 0 aliphatic carbocycles. The van der Waals surface area contributed by atoms with Crippen molar-refractivity contribution in [1.29, 1.82) is 0 Å². The lowest BCUT2D eigenvalue weighted by molar-refractivity contribution is 0.167. The van der Waals surface area contributed by atoms with Crippen molar-refractivity contribution < 1.29 is 20.1 Å². The van der Waals surface area contributed by atoms with E-state index in [9.17, 15) is 15.3 Å². The summed E-state index contributed by atoms with van der Waals surface area (Å²) in [6.45, 7) is 2.20. The summed E-state index contributed by atoms with van der Waals surface area (Å²) in [5.41, 5.74) is 0.941. The fourth-order valence-electron chi connectivity index (χ4n) is 2.73. The molecule has 1 aliphatic heterocycles. The van der Waals surface area contributed by atoms with Crippen molar-refractivity contribution >= 4 is 17.3 Å². The number of nitrogens with zero attached hydrogens (tertiary/aromatic N) is 2. The number of imidazole rings is 1. The minimum atomic E-state index is -1.19. The SMILES string of the molecule is CCOc1cc([C@H](C2=C(O)NC(=S)N[C@@H]2O)n2ccnc2)ccc1O. The molecule has 1 aliphatic rings. The second-order valence-electron chi connectivity index (χ2n) is 5.38. The maximum atomic E-state index is 10.4. The van der Waals surface area contributed by atoms with Gasteiger partial charge >= 0.3 is 0 Å². The molecule has 0 saturated heterocycles. The zero-order chi connectivity index (χ0) is 18.0. The third kappa shape index (κ3) is 3.37. The van der Waals surface area contributed by atoms with Gasteiger partial charge in [-0.2, -0.15) is 0 Å². The van der Waals surface area contributed by atoms with Crippen LogP contribution in [-0.2, 0) is 0 Å². The number of phenols is 1. The number of hydrogen-bond acceptors (Lipinski definition) is 6. The molecule has 132 valence electrons. The maximum Gasteiger partial charge on any atom is 0.196 e. The van der Waals surface area contributed by atoms with Crippen LogP contribution in [0.3, 0.4) is 0 Å². The molecular formula is C16H18N4O4S. The van der Waals surface area contributed by atoms with Gasteiger partial charge in [-0.15, -0.1) is 0 Å². The molecule has 0 unspecified atom stereocenters. The first-order valence-electron chi connectivity index (χ1n) is 7.63. The van der Waals surface area contributed by atoms with Crippen LogP contribution >= 0.6 is 12.2 Å². The molecule has 9 heteroatoms. The number of phenolic OH excluding ortho intramolecular Hbond substituents is 1. The van der Waals surface area contributed by atoms with Crippen LogP contribution < -0.4 is 15.4 Å². The van der Waals surface area contributed by atoms with Crippen LogP contribution in [0.15, 0.2) is 48.4 Å². The Hall–Kier alpha value is -2.78. The average molecular weight is 362 g/mol. The van der Waals surface area contributed by atoms with Crippen LogP contribution in [0, 0.1) is 0 Å². The number of aliphatic hydroxyl groups excluding tert-OH is 2. The minimum Gasteiger partial charge on any atom is -0.504 e. The predicted molar refractivity (Wildman–Crippen MR) is 94.2 cm³/mol. The lowest BCUT2D eigenvalue weighted by Gasteiger charge is -2.31. The van der Waals surface area contributed by atoms with Gasteiger partial charge in [-0.25, -0.2) is 4.98 Å². The fraction of sp³-hybridized carbons (Fsp3) is 0.250. The average Bonchev–Trinajstić information content (AvgIpc) is 3.07. The number of thiocarbonyl (C=S) groups is 1. The number of aliphatic hydroxyl groups is 2. The van der Waals surface area contributed by atoms with E-state index in [-0.39, 0.29) is 22.3 Å². The molecule has 25 heavy (non-hydrogen) atoms. The smallest absolute Gasteiger partial charge is 0.196 e. The quantitative estimate of drug-likeness (QED) is 0.504. The van der Waals surface area contributed by atoms with Gasteiger partial charge in [0.1, 0.15) is 0 Å². The molecule has 2 heterocycles. The van der Waals surface area contributed by atoms with E-state index in [1.807, 2.05) is 6.92 Å². The van der Waals surface area contributed by atoms with Gasteiger partial charge in [0.25, 0.3) is 0 Å². The predicted octanol–water partition coefficient (Wildman–Crippen LogP) is 1.14. The summed E-state index contributed by atoms with van der Waals surface area (Å²) in [6, 6.07) is 4.24. The fourth-order valence-corrected chi connectivity index (χ4v) is 2.94. The Labute approximate surface area is 149 Å². The Morgan fingerprint density at radius 1 is 1.40 bits per heavy atom. The number of benzene rings is 1. The molecule has 0 saturated carbocycles.